The molecule has 1 aliphatic rings. The molecule has 0 N–H and O–H groups in total. The first-order valence-electron chi connectivity index (χ1n) is 10.3. The van der Waals surface area contributed by atoms with Crippen LogP contribution in [0.3, 0.4) is 0 Å². The lowest BCUT2D eigenvalue weighted by Crippen LogP contribution is -2.38. The highest BCUT2D eigenvalue weighted by molar-refractivity contribution is 9.10. The smallest absolute Gasteiger partial charge is 0.339 e. The van der Waals surface area contributed by atoms with Crippen LogP contribution in [0.5, 0.6) is 0 Å². The predicted molar refractivity (Wildman–Crippen MR) is 120 cm³/mol. The van der Waals surface area contributed by atoms with Crippen LogP contribution in [0.25, 0.3) is 0 Å². The lowest BCUT2D eigenvalue weighted by molar-refractivity contribution is 0.0710. The average Bonchev–Trinajstić information content (AvgIpc) is 3.09. The van der Waals surface area contributed by atoms with Gasteiger partial charge in [0.2, 0.25) is 0 Å². The minimum Gasteiger partial charge on any atom is -0.339 e. The summed E-state index contributed by atoms with van der Waals surface area (Å²) in [5.41, 5.74) is 1.69. The maximum absolute atomic E-state index is 12.9. The van der Waals surface area contributed by atoms with Crippen molar-refractivity contribution in [1.82, 2.24) is 19.2 Å². The number of hydrogen-bond acceptors (Lipinski definition) is 3. The molecule has 156 valence electrons. The second-order valence-electron chi connectivity index (χ2n) is 7.61. The molecule has 2 heterocycles. The monoisotopic (exact) mass is 468 g/mol. The summed E-state index contributed by atoms with van der Waals surface area (Å²) in [6.45, 7) is 4.38. The molecule has 3 aromatic rings. The van der Waals surface area contributed by atoms with Gasteiger partial charge in [0.05, 0.1) is 6.54 Å². The van der Waals surface area contributed by atoms with Gasteiger partial charge in [0, 0.05) is 35.6 Å². The molecule has 1 aliphatic heterocycles. The number of aromatic nitrogens is 3. The van der Waals surface area contributed by atoms with Gasteiger partial charge in [-0.05, 0) is 43.5 Å². The standard InChI is InChI=1S/C23H25BrN4O2/c1-2-27-21(25-28(23(27)30)16-17-7-4-3-5-8-17)18-11-13-26(14-12-18)22(29)19-9-6-10-20(24)15-19/h3-10,15,18H,2,11-14,16H2,1H3. The zero-order chi connectivity index (χ0) is 21.1. The molecule has 1 amide bonds. The Balaban J connectivity index is 1.48. The van der Waals surface area contributed by atoms with E-state index < -0.39 is 0 Å². The maximum Gasteiger partial charge on any atom is 0.346 e. The maximum atomic E-state index is 12.9. The third kappa shape index (κ3) is 4.26. The second-order valence-corrected chi connectivity index (χ2v) is 8.52. The Kier molecular flexibility index (Phi) is 6.18. The summed E-state index contributed by atoms with van der Waals surface area (Å²) >= 11 is 3.43. The van der Waals surface area contributed by atoms with Crippen LogP contribution in [-0.2, 0) is 13.1 Å². The van der Waals surface area contributed by atoms with Crippen molar-refractivity contribution in [3.8, 4) is 0 Å². The first-order valence-corrected chi connectivity index (χ1v) is 11.1. The number of hydrogen-bond donors (Lipinski definition) is 0. The van der Waals surface area contributed by atoms with E-state index in [9.17, 15) is 9.59 Å². The number of carbonyl (C=O) groups is 1. The van der Waals surface area contributed by atoms with Crippen LogP contribution >= 0.6 is 15.9 Å². The van der Waals surface area contributed by atoms with E-state index in [1.807, 2.05) is 66.4 Å². The van der Waals surface area contributed by atoms with Crippen LogP contribution in [0.1, 0.15) is 47.4 Å². The normalized spacial score (nSPS) is 14.8. The Morgan fingerprint density at radius 3 is 2.50 bits per heavy atom. The number of piperidine rings is 1. The fraction of sp³-hybridized carbons (Fsp3) is 0.348. The SMILES string of the molecule is CCn1c(C2CCN(C(=O)c3cccc(Br)c3)CC2)nn(Cc2ccccc2)c1=O. The Morgan fingerprint density at radius 2 is 1.83 bits per heavy atom. The number of amides is 1. The molecule has 0 atom stereocenters. The van der Waals surface area contributed by atoms with Crippen molar-refractivity contribution in [2.24, 2.45) is 0 Å². The number of likely N-dealkylation sites (tertiary alicyclic amines) is 1. The highest BCUT2D eigenvalue weighted by atomic mass is 79.9. The van der Waals surface area contributed by atoms with Crippen LogP contribution < -0.4 is 5.69 Å². The molecule has 0 saturated carbocycles. The summed E-state index contributed by atoms with van der Waals surface area (Å²) in [4.78, 5) is 27.6. The summed E-state index contributed by atoms with van der Waals surface area (Å²) in [5, 5.41) is 4.70. The van der Waals surface area contributed by atoms with E-state index in [2.05, 4.69) is 15.9 Å². The van der Waals surface area contributed by atoms with Gasteiger partial charge >= 0.3 is 5.69 Å². The zero-order valence-electron chi connectivity index (χ0n) is 17.0. The summed E-state index contributed by atoms with van der Waals surface area (Å²) in [7, 11) is 0. The van der Waals surface area contributed by atoms with E-state index in [-0.39, 0.29) is 17.5 Å². The van der Waals surface area contributed by atoms with E-state index in [1.54, 1.807) is 9.25 Å². The summed E-state index contributed by atoms with van der Waals surface area (Å²) in [6.07, 6.45) is 1.61. The molecule has 4 rings (SSSR count). The minimum atomic E-state index is -0.0657. The Labute approximate surface area is 184 Å². The van der Waals surface area contributed by atoms with Gasteiger partial charge in [-0.25, -0.2) is 9.48 Å². The van der Waals surface area contributed by atoms with Crippen LogP contribution in [0.15, 0.2) is 63.9 Å². The highest BCUT2D eigenvalue weighted by Gasteiger charge is 2.28. The first-order chi connectivity index (χ1) is 14.6. The molecular weight excluding hydrogens is 444 g/mol. The van der Waals surface area contributed by atoms with Gasteiger partial charge in [-0.1, -0.05) is 52.3 Å². The van der Waals surface area contributed by atoms with Gasteiger partial charge in [0.1, 0.15) is 5.82 Å². The Morgan fingerprint density at radius 1 is 1.10 bits per heavy atom. The predicted octanol–water partition coefficient (Wildman–Crippen LogP) is 3.90. The van der Waals surface area contributed by atoms with Crippen LogP contribution in [-0.4, -0.2) is 38.2 Å². The number of carbonyl (C=O) groups excluding carboxylic acids is 1. The topological polar surface area (TPSA) is 60.1 Å². The van der Waals surface area contributed by atoms with E-state index >= 15 is 0 Å². The van der Waals surface area contributed by atoms with Gasteiger partial charge in [-0.3, -0.25) is 9.36 Å². The van der Waals surface area contributed by atoms with Crippen molar-refractivity contribution in [3.63, 3.8) is 0 Å². The minimum absolute atomic E-state index is 0.0530. The van der Waals surface area contributed by atoms with Gasteiger partial charge in [-0.15, -0.1) is 0 Å². The molecule has 0 unspecified atom stereocenters. The van der Waals surface area contributed by atoms with E-state index in [0.717, 1.165) is 28.7 Å². The van der Waals surface area contributed by atoms with Crippen molar-refractivity contribution in [2.75, 3.05) is 13.1 Å². The van der Waals surface area contributed by atoms with Crippen molar-refractivity contribution in [1.29, 1.82) is 0 Å². The molecule has 0 spiro atoms. The van der Waals surface area contributed by atoms with Gasteiger partial charge in [-0.2, -0.15) is 5.10 Å². The first kappa shape index (κ1) is 20.6. The van der Waals surface area contributed by atoms with E-state index in [4.69, 9.17) is 5.10 Å². The number of benzene rings is 2. The van der Waals surface area contributed by atoms with Crippen molar-refractivity contribution >= 4 is 21.8 Å². The fourth-order valence-electron chi connectivity index (χ4n) is 4.06. The lowest BCUT2D eigenvalue weighted by atomic mass is 9.95. The quantitative estimate of drug-likeness (QED) is 0.570. The molecule has 1 saturated heterocycles. The number of nitrogens with zero attached hydrogens (tertiary/aromatic N) is 4. The lowest BCUT2D eigenvalue weighted by Gasteiger charge is -2.31. The molecule has 6 nitrogen and oxygen atoms in total. The molecule has 30 heavy (non-hydrogen) atoms. The number of halogens is 1. The van der Waals surface area contributed by atoms with Crippen molar-refractivity contribution < 1.29 is 4.79 Å². The molecule has 0 radical (unpaired) electrons. The van der Waals surface area contributed by atoms with E-state index in [1.165, 1.54) is 0 Å². The third-order valence-corrected chi connectivity index (χ3v) is 6.15. The van der Waals surface area contributed by atoms with Crippen molar-refractivity contribution in [2.45, 2.75) is 38.8 Å². The van der Waals surface area contributed by atoms with Gasteiger partial charge in [0.25, 0.3) is 5.91 Å². The molecule has 1 fully saturated rings. The summed E-state index contributed by atoms with van der Waals surface area (Å²) in [5.74, 6) is 1.08. The molecule has 0 aliphatic carbocycles. The Bertz CT molecular complexity index is 1080. The zero-order valence-corrected chi connectivity index (χ0v) is 18.6. The largest absolute Gasteiger partial charge is 0.346 e. The van der Waals surface area contributed by atoms with E-state index in [0.29, 0.717) is 31.7 Å². The highest BCUT2D eigenvalue weighted by Crippen LogP contribution is 2.27. The molecule has 1 aromatic heterocycles. The van der Waals surface area contributed by atoms with Gasteiger partial charge < -0.3 is 4.90 Å². The summed E-state index contributed by atoms with van der Waals surface area (Å²) in [6, 6.07) is 17.4. The molecule has 0 bridgehead atoms. The second kappa shape index (κ2) is 9.00. The van der Waals surface area contributed by atoms with Crippen molar-refractivity contribution in [3.05, 3.63) is 86.5 Å². The van der Waals surface area contributed by atoms with Crippen LogP contribution in [0, 0.1) is 0 Å². The molecule has 7 heteroatoms. The van der Waals surface area contributed by atoms with Crippen LogP contribution in [0.2, 0.25) is 0 Å². The fourth-order valence-corrected chi connectivity index (χ4v) is 4.46. The van der Waals surface area contributed by atoms with Gasteiger partial charge in [0.15, 0.2) is 0 Å². The molecular formula is C23H25BrN4O2. The molecule has 2 aromatic carbocycles. The number of rotatable bonds is 5. The average molecular weight is 469 g/mol. The Hall–Kier alpha value is -2.67. The van der Waals surface area contributed by atoms with Crippen LogP contribution in [0.4, 0.5) is 0 Å². The third-order valence-electron chi connectivity index (χ3n) is 5.66. The summed E-state index contributed by atoms with van der Waals surface area (Å²) < 4.78 is 4.24.